The molecule has 0 unspecified atom stereocenters. The molecule has 1 atom stereocenters. The summed E-state index contributed by atoms with van der Waals surface area (Å²) in [5, 5.41) is 9.43. The first kappa shape index (κ1) is 8.14. The third kappa shape index (κ3) is 1.74. The van der Waals surface area contributed by atoms with Gasteiger partial charge < -0.3 is 5.11 Å². The van der Waals surface area contributed by atoms with E-state index >= 15 is 0 Å². The maximum absolute atomic E-state index is 9.43. The lowest BCUT2D eigenvalue weighted by atomic mass is 10.1. The van der Waals surface area contributed by atoms with Crippen LogP contribution in [0.1, 0.15) is 30.7 Å². The van der Waals surface area contributed by atoms with Crippen molar-refractivity contribution in [3.05, 3.63) is 23.8 Å². The maximum atomic E-state index is 9.43. The van der Waals surface area contributed by atoms with E-state index in [1.165, 1.54) is 6.33 Å². The summed E-state index contributed by atoms with van der Waals surface area (Å²) in [7, 11) is 0. The normalized spacial score (nSPS) is 13.0. The lowest BCUT2D eigenvalue weighted by Gasteiger charge is -2.08. The molecule has 1 N–H and O–H groups in total. The summed E-state index contributed by atoms with van der Waals surface area (Å²) >= 11 is 0. The highest BCUT2D eigenvalue weighted by Gasteiger charge is 2.07. The largest absolute Gasteiger partial charge is 0.388 e. The summed E-state index contributed by atoms with van der Waals surface area (Å²) in [6, 6.07) is 0. The Kier molecular flexibility index (Phi) is 2.54. The first-order valence-electron chi connectivity index (χ1n) is 3.70. The average Bonchev–Trinajstić information content (AvgIpc) is 2.04. The third-order valence-electron chi connectivity index (χ3n) is 1.70. The molecule has 3 nitrogen and oxygen atoms in total. The molecule has 11 heavy (non-hydrogen) atoms. The lowest BCUT2D eigenvalue weighted by Crippen LogP contribution is -2.00. The Balaban J connectivity index is 2.93. The molecule has 0 amide bonds. The molecule has 1 heterocycles. The van der Waals surface area contributed by atoms with Gasteiger partial charge in [0, 0.05) is 17.5 Å². The van der Waals surface area contributed by atoms with Crippen LogP contribution < -0.4 is 0 Å². The van der Waals surface area contributed by atoms with Crippen molar-refractivity contribution < 1.29 is 5.11 Å². The number of nitrogens with zero attached hydrogens (tertiary/aromatic N) is 2. The molecule has 0 radical (unpaired) electrons. The van der Waals surface area contributed by atoms with Crippen molar-refractivity contribution in [3.63, 3.8) is 0 Å². The summed E-state index contributed by atoms with van der Waals surface area (Å²) in [5.41, 5.74) is 1.68. The molecule has 0 aliphatic heterocycles. The van der Waals surface area contributed by atoms with Gasteiger partial charge in [-0.2, -0.15) is 0 Å². The molecular formula is C8H12N2O. The van der Waals surface area contributed by atoms with Crippen LogP contribution in [0, 0.1) is 6.92 Å². The fourth-order valence-electron chi connectivity index (χ4n) is 0.949. The van der Waals surface area contributed by atoms with Gasteiger partial charge >= 0.3 is 0 Å². The Morgan fingerprint density at radius 1 is 1.64 bits per heavy atom. The average molecular weight is 152 g/mol. The SMILES string of the molecule is CC[C@@H](O)c1cncnc1C. The zero-order valence-corrected chi connectivity index (χ0v) is 6.78. The van der Waals surface area contributed by atoms with Gasteiger partial charge in [0.1, 0.15) is 6.33 Å². The van der Waals surface area contributed by atoms with Crippen molar-refractivity contribution in [3.8, 4) is 0 Å². The van der Waals surface area contributed by atoms with E-state index in [-0.39, 0.29) is 0 Å². The zero-order chi connectivity index (χ0) is 8.27. The van der Waals surface area contributed by atoms with Crippen LogP contribution in [-0.2, 0) is 0 Å². The van der Waals surface area contributed by atoms with Gasteiger partial charge in [0.25, 0.3) is 0 Å². The van der Waals surface area contributed by atoms with Crippen molar-refractivity contribution in [2.75, 3.05) is 0 Å². The highest BCUT2D eigenvalue weighted by atomic mass is 16.3. The molecule has 60 valence electrons. The molecule has 1 rings (SSSR count). The van der Waals surface area contributed by atoms with E-state index in [9.17, 15) is 5.11 Å². The monoisotopic (exact) mass is 152 g/mol. The molecule has 0 bridgehead atoms. The molecule has 1 aromatic heterocycles. The van der Waals surface area contributed by atoms with E-state index in [4.69, 9.17) is 0 Å². The molecule has 0 aromatic carbocycles. The van der Waals surface area contributed by atoms with Crippen molar-refractivity contribution in [2.45, 2.75) is 26.4 Å². The number of rotatable bonds is 2. The van der Waals surface area contributed by atoms with Gasteiger partial charge in [-0.05, 0) is 13.3 Å². The van der Waals surface area contributed by atoms with Crippen molar-refractivity contribution in [1.82, 2.24) is 9.97 Å². The van der Waals surface area contributed by atoms with E-state index in [0.717, 1.165) is 11.3 Å². The molecular weight excluding hydrogens is 140 g/mol. The summed E-state index contributed by atoms with van der Waals surface area (Å²) in [4.78, 5) is 7.82. The first-order chi connectivity index (χ1) is 5.25. The van der Waals surface area contributed by atoms with Crippen LogP contribution in [0.15, 0.2) is 12.5 Å². The van der Waals surface area contributed by atoms with Crippen molar-refractivity contribution >= 4 is 0 Å². The second-order valence-electron chi connectivity index (χ2n) is 2.49. The Hall–Kier alpha value is -0.960. The van der Waals surface area contributed by atoms with Crippen molar-refractivity contribution in [1.29, 1.82) is 0 Å². The number of hydrogen-bond donors (Lipinski definition) is 1. The Morgan fingerprint density at radius 2 is 2.36 bits per heavy atom. The number of aliphatic hydroxyl groups is 1. The standard InChI is InChI=1S/C8H12N2O/c1-3-8(11)7-4-9-5-10-6(7)2/h4-5,8,11H,3H2,1-2H3/t8-/m1/s1. The van der Waals surface area contributed by atoms with Crippen LogP contribution in [0.4, 0.5) is 0 Å². The fourth-order valence-corrected chi connectivity index (χ4v) is 0.949. The van der Waals surface area contributed by atoms with Gasteiger partial charge in [0.05, 0.1) is 6.10 Å². The van der Waals surface area contributed by atoms with E-state index < -0.39 is 6.10 Å². The highest BCUT2D eigenvalue weighted by Crippen LogP contribution is 2.16. The number of hydrogen-bond acceptors (Lipinski definition) is 3. The first-order valence-corrected chi connectivity index (χ1v) is 3.70. The number of aryl methyl sites for hydroxylation is 1. The third-order valence-corrected chi connectivity index (χ3v) is 1.70. The van der Waals surface area contributed by atoms with Crippen molar-refractivity contribution in [2.24, 2.45) is 0 Å². The number of aliphatic hydroxyl groups excluding tert-OH is 1. The van der Waals surface area contributed by atoms with E-state index in [1.54, 1.807) is 6.20 Å². The quantitative estimate of drug-likeness (QED) is 0.693. The topological polar surface area (TPSA) is 46.0 Å². The van der Waals surface area contributed by atoms with Crippen LogP contribution in [0.5, 0.6) is 0 Å². The van der Waals surface area contributed by atoms with Crippen LogP contribution in [0.2, 0.25) is 0 Å². The Labute approximate surface area is 66.1 Å². The highest BCUT2D eigenvalue weighted by molar-refractivity contribution is 5.16. The Morgan fingerprint density at radius 3 is 2.91 bits per heavy atom. The van der Waals surface area contributed by atoms with E-state index in [0.29, 0.717) is 6.42 Å². The molecule has 1 aromatic rings. The zero-order valence-electron chi connectivity index (χ0n) is 6.78. The minimum absolute atomic E-state index is 0.420. The Bertz CT molecular complexity index is 237. The second kappa shape index (κ2) is 3.44. The minimum atomic E-state index is -0.420. The predicted octanol–water partition coefficient (Wildman–Crippen LogP) is 1.23. The minimum Gasteiger partial charge on any atom is -0.388 e. The molecule has 0 fully saturated rings. The molecule has 0 aliphatic rings. The molecule has 0 aliphatic carbocycles. The molecule has 0 saturated heterocycles. The molecule has 3 heteroatoms. The molecule has 0 saturated carbocycles. The van der Waals surface area contributed by atoms with Gasteiger partial charge in [-0.1, -0.05) is 6.92 Å². The van der Waals surface area contributed by atoms with Crippen LogP contribution in [-0.4, -0.2) is 15.1 Å². The molecule has 0 spiro atoms. The fraction of sp³-hybridized carbons (Fsp3) is 0.500. The second-order valence-corrected chi connectivity index (χ2v) is 2.49. The number of aromatic nitrogens is 2. The van der Waals surface area contributed by atoms with Crippen LogP contribution in [0.25, 0.3) is 0 Å². The van der Waals surface area contributed by atoms with E-state index in [2.05, 4.69) is 9.97 Å². The summed E-state index contributed by atoms with van der Waals surface area (Å²) in [6.45, 7) is 3.80. The van der Waals surface area contributed by atoms with E-state index in [1.807, 2.05) is 13.8 Å². The van der Waals surface area contributed by atoms with Gasteiger partial charge in [-0.15, -0.1) is 0 Å². The summed E-state index contributed by atoms with van der Waals surface area (Å²) in [5.74, 6) is 0. The van der Waals surface area contributed by atoms with Crippen LogP contribution >= 0.6 is 0 Å². The van der Waals surface area contributed by atoms with Gasteiger partial charge in [0.2, 0.25) is 0 Å². The smallest absolute Gasteiger partial charge is 0.115 e. The maximum Gasteiger partial charge on any atom is 0.115 e. The summed E-state index contributed by atoms with van der Waals surface area (Å²) < 4.78 is 0. The lowest BCUT2D eigenvalue weighted by molar-refractivity contribution is 0.172. The van der Waals surface area contributed by atoms with Crippen LogP contribution in [0.3, 0.4) is 0 Å². The summed E-state index contributed by atoms with van der Waals surface area (Å²) in [6.07, 6.45) is 3.43. The van der Waals surface area contributed by atoms with Gasteiger partial charge in [-0.25, -0.2) is 9.97 Å². The van der Waals surface area contributed by atoms with Gasteiger partial charge in [-0.3, -0.25) is 0 Å². The predicted molar refractivity (Wildman–Crippen MR) is 42.0 cm³/mol. The van der Waals surface area contributed by atoms with Gasteiger partial charge in [0.15, 0.2) is 0 Å².